The number of nitrogens with zero attached hydrogens (tertiary/aromatic N) is 4. The number of carboxylic acid groups (broad SMARTS) is 1. The number of ether oxygens (including phenoxy) is 2. The van der Waals surface area contributed by atoms with Gasteiger partial charge in [-0.25, -0.2) is 19.7 Å². The average Bonchev–Trinajstić information content (AvgIpc) is 3.40. The van der Waals surface area contributed by atoms with Crippen molar-refractivity contribution in [3.05, 3.63) is 70.2 Å². The summed E-state index contributed by atoms with van der Waals surface area (Å²) < 4.78 is 16.5. The molecule has 40 heavy (non-hydrogen) atoms. The molecule has 12 nitrogen and oxygen atoms in total. The van der Waals surface area contributed by atoms with E-state index in [1.54, 1.807) is 44.5 Å². The highest BCUT2D eigenvalue weighted by Crippen LogP contribution is 2.33. The van der Waals surface area contributed by atoms with Crippen LogP contribution in [0.15, 0.2) is 47.3 Å². The van der Waals surface area contributed by atoms with Crippen molar-refractivity contribution >= 4 is 52.2 Å². The predicted octanol–water partition coefficient (Wildman–Crippen LogP) is 5.27. The third-order valence-corrected chi connectivity index (χ3v) is 6.02. The van der Waals surface area contributed by atoms with Crippen LogP contribution in [0.1, 0.15) is 22.1 Å². The van der Waals surface area contributed by atoms with Gasteiger partial charge in [0.15, 0.2) is 17.4 Å². The maximum Gasteiger partial charge on any atom is 0.339 e. The molecular weight excluding hydrogens is 561 g/mol. The number of pyridine rings is 1. The predicted molar refractivity (Wildman–Crippen MR) is 152 cm³/mol. The van der Waals surface area contributed by atoms with Gasteiger partial charge in [0.2, 0.25) is 5.89 Å². The highest BCUT2D eigenvalue weighted by atomic mass is 35.5. The van der Waals surface area contributed by atoms with Gasteiger partial charge < -0.3 is 34.9 Å². The Kier molecular flexibility index (Phi) is 10.1. The van der Waals surface area contributed by atoms with Crippen LogP contribution in [0.4, 0.5) is 23.0 Å². The van der Waals surface area contributed by atoms with Gasteiger partial charge in [-0.2, -0.15) is 0 Å². The van der Waals surface area contributed by atoms with Crippen molar-refractivity contribution in [3.8, 4) is 11.3 Å². The van der Waals surface area contributed by atoms with Gasteiger partial charge in [-0.15, -0.1) is 0 Å². The Morgan fingerprint density at radius 3 is 2.70 bits per heavy atom. The average molecular weight is 588 g/mol. The minimum absolute atomic E-state index is 0.0125. The van der Waals surface area contributed by atoms with E-state index in [-0.39, 0.29) is 12.1 Å². The molecule has 3 aromatic heterocycles. The zero-order valence-electron chi connectivity index (χ0n) is 21.7. The van der Waals surface area contributed by atoms with Crippen LogP contribution >= 0.6 is 23.2 Å². The van der Waals surface area contributed by atoms with Crippen LogP contribution in [0, 0.1) is 6.92 Å². The quantitative estimate of drug-likeness (QED) is 0.142. The van der Waals surface area contributed by atoms with Crippen LogP contribution in [0.2, 0.25) is 10.0 Å². The summed E-state index contributed by atoms with van der Waals surface area (Å²) in [5, 5.41) is 20.2. The molecule has 0 fully saturated rings. The van der Waals surface area contributed by atoms with Crippen LogP contribution in [-0.2, 0) is 16.0 Å². The lowest BCUT2D eigenvalue weighted by atomic mass is 10.2. The van der Waals surface area contributed by atoms with Crippen molar-refractivity contribution in [3.63, 3.8) is 0 Å². The fraction of sp³-hybridized carbons (Fsp3) is 0.269. The van der Waals surface area contributed by atoms with E-state index in [2.05, 4.69) is 35.9 Å². The number of hydrogen-bond acceptors (Lipinski definition) is 11. The van der Waals surface area contributed by atoms with Gasteiger partial charge in [0.1, 0.15) is 17.1 Å². The van der Waals surface area contributed by atoms with Crippen LogP contribution < -0.4 is 16.0 Å². The minimum Gasteiger partial charge on any atom is -0.478 e. The van der Waals surface area contributed by atoms with E-state index in [0.29, 0.717) is 82.5 Å². The van der Waals surface area contributed by atoms with Gasteiger partial charge in [-0.1, -0.05) is 23.2 Å². The molecule has 14 heteroatoms. The zero-order valence-corrected chi connectivity index (χ0v) is 23.2. The summed E-state index contributed by atoms with van der Waals surface area (Å²) in [6.07, 6.45) is 4.31. The molecule has 0 saturated carbocycles. The Hall–Kier alpha value is -3.97. The number of carboxylic acids is 1. The molecule has 4 aromatic rings. The Bertz CT molecular complexity index is 1470. The number of carbonyl (C=O) groups is 1. The number of aryl methyl sites for hydroxylation is 1. The van der Waals surface area contributed by atoms with E-state index in [1.807, 2.05) is 0 Å². The van der Waals surface area contributed by atoms with Gasteiger partial charge in [0, 0.05) is 36.6 Å². The number of hydrogen-bond donors (Lipinski definition) is 4. The summed E-state index contributed by atoms with van der Waals surface area (Å²) in [6, 6.07) is 6.62. The number of aromatic carboxylic acids is 1. The fourth-order valence-electron chi connectivity index (χ4n) is 3.61. The van der Waals surface area contributed by atoms with Crippen molar-refractivity contribution < 1.29 is 23.8 Å². The first-order valence-corrected chi connectivity index (χ1v) is 12.9. The second kappa shape index (κ2) is 13.9. The number of rotatable bonds is 14. The number of aromatic nitrogens is 4. The van der Waals surface area contributed by atoms with Gasteiger partial charge in [-0.05, 0) is 31.2 Å². The SMILES string of the molecule is COCCOCCNc1nc(C)nc(Nc2ccncc2C(=O)O)c1NCc1ncc(-c2cc(Cl)ccc2Cl)o1. The van der Waals surface area contributed by atoms with E-state index in [9.17, 15) is 9.90 Å². The molecule has 0 amide bonds. The van der Waals surface area contributed by atoms with Gasteiger partial charge in [0.25, 0.3) is 0 Å². The Morgan fingerprint density at radius 2 is 1.90 bits per heavy atom. The summed E-state index contributed by atoms with van der Waals surface area (Å²) in [4.78, 5) is 29.1. The monoisotopic (exact) mass is 587 g/mol. The minimum atomic E-state index is -1.13. The normalized spacial score (nSPS) is 10.9. The number of anilines is 4. The smallest absolute Gasteiger partial charge is 0.339 e. The first-order valence-electron chi connectivity index (χ1n) is 12.1. The molecule has 1 aromatic carbocycles. The highest BCUT2D eigenvalue weighted by molar-refractivity contribution is 6.35. The second-order valence-electron chi connectivity index (χ2n) is 8.32. The Labute approximate surface area is 240 Å². The molecule has 0 aliphatic carbocycles. The molecule has 0 spiro atoms. The van der Waals surface area contributed by atoms with Crippen molar-refractivity contribution in [2.24, 2.45) is 0 Å². The van der Waals surface area contributed by atoms with Crippen molar-refractivity contribution in [2.75, 3.05) is 49.4 Å². The first-order chi connectivity index (χ1) is 19.4. The Morgan fingerprint density at radius 1 is 1.07 bits per heavy atom. The maximum absolute atomic E-state index is 11.8. The molecule has 0 atom stereocenters. The van der Waals surface area contributed by atoms with Crippen molar-refractivity contribution in [1.29, 1.82) is 0 Å². The van der Waals surface area contributed by atoms with E-state index in [4.69, 9.17) is 37.1 Å². The largest absolute Gasteiger partial charge is 0.478 e. The van der Waals surface area contributed by atoms with Gasteiger partial charge in [0.05, 0.1) is 43.3 Å². The molecule has 0 aliphatic heterocycles. The van der Waals surface area contributed by atoms with E-state index in [0.717, 1.165) is 0 Å². The fourth-order valence-corrected chi connectivity index (χ4v) is 4.00. The summed E-state index contributed by atoms with van der Waals surface area (Å²) in [7, 11) is 1.61. The number of halogens is 2. The summed E-state index contributed by atoms with van der Waals surface area (Å²) in [5.74, 6) is 0.957. The molecule has 4 rings (SSSR count). The summed E-state index contributed by atoms with van der Waals surface area (Å²) in [6.45, 7) is 3.69. The lowest BCUT2D eigenvalue weighted by Gasteiger charge is -2.18. The number of benzene rings is 1. The molecule has 0 bridgehead atoms. The molecule has 0 radical (unpaired) electrons. The third-order valence-electron chi connectivity index (χ3n) is 5.46. The standard InChI is InChI=1S/C26H27Cl2N7O5/c1-15-33-24(30-7-8-39-10-9-38-2)23(25(34-15)35-20-5-6-29-12-18(20)26(36)37)32-14-22-31-13-21(40-22)17-11-16(27)3-4-19(17)28/h3-6,11-13,32H,7-10,14H2,1-2H3,(H,36,37)(H2,29,30,33,34,35). The molecule has 210 valence electrons. The number of methoxy groups -OCH3 is 1. The third kappa shape index (κ3) is 7.57. The first kappa shape index (κ1) is 29.0. The molecule has 0 unspecified atom stereocenters. The van der Waals surface area contributed by atoms with Crippen LogP contribution in [-0.4, -0.2) is 64.5 Å². The molecule has 0 aliphatic rings. The van der Waals surface area contributed by atoms with Crippen molar-refractivity contribution in [2.45, 2.75) is 13.5 Å². The van der Waals surface area contributed by atoms with Crippen LogP contribution in [0.3, 0.4) is 0 Å². The Balaban J connectivity index is 1.60. The van der Waals surface area contributed by atoms with E-state index < -0.39 is 5.97 Å². The number of nitrogens with one attached hydrogen (secondary N) is 3. The molecule has 0 saturated heterocycles. The lowest BCUT2D eigenvalue weighted by molar-refractivity contribution is 0.0697. The van der Waals surface area contributed by atoms with E-state index >= 15 is 0 Å². The van der Waals surface area contributed by atoms with Crippen molar-refractivity contribution in [1.82, 2.24) is 19.9 Å². The second-order valence-corrected chi connectivity index (χ2v) is 9.17. The van der Waals surface area contributed by atoms with E-state index in [1.165, 1.54) is 12.4 Å². The van der Waals surface area contributed by atoms with Gasteiger partial charge in [-0.3, -0.25) is 4.98 Å². The molecule has 4 N–H and O–H groups in total. The van der Waals surface area contributed by atoms with Crippen LogP contribution in [0.25, 0.3) is 11.3 Å². The highest BCUT2D eigenvalue weighted by Gasteiger charge is 2.18. The number of oxazole rings is 1. The lowest BCUT2D eigenvalue weighted by Crippen LogP contribution is -2.16. The van der Waals surface area contributed by atoms with Gasteiger partial charge >= 0.3 is 5.97 Å². The topological polar surface area (TPSA) is 157 Å². The van der Waals surface area contributed by atoms with Crippen LogP contribution in [0.5, 0.6) is 0 Å². The summed E-state index contributed by atoms with van der Waals surface area (Å²) in [5.41, 5.74) is 1.38. The maximum atomic E-state index is 11.8. The summed E-state index contributed by atoms with van der Waals surface area (Å²) >= 11 is 12.4. The molecule has 3 heterocycles. The zero-order chi connectivity index (χ0) is 28.5. The molecular formula is C26H27Cl2N7O5.